The highest BCUT2D eigenvalue weighted by molar-refractivity contribution is 7.14. The molecule has 1 aromatic heterocycles. The molecule has 2 N–H and O–H groups in total. The fraction of sp³-hybridized carbons (Fsp3) is 0.667. The number of thiophene rings is 1. The molecule has 0 aliphatic heterocycles. The van der Waals surface area contributed by atoms with Crippen LogP contribution in [-0.2, 0) is 17.6 Å². The molecule has 1 aliphatic rings. The van der Waals surface area contributed by atoms with Crippen LogP contribution in [0.1, 0.15) is 39.4 Å². The molecule has 1 amide bonds. The molecule has 0 unspecified atom stereocenters. The first-order chi connectivity index (χ1) is 9.81. The molecule has 0 saturated heterocycles. The van der Waals surface area contributed by atoms with E-state index in [9.17, 15) is 4.79 Å². The minimum Gasteiger partial charge on any atom is -0.383 e. The van der Waals surface area contributed by atoms with Crippen molar-refractivity contribution >= 4 is 17.2 Å². The van der Waals surface area contributed by atoms with E-state index in [0.29, 0.717) is 13.2 Å². The molecule has 0 bridgehead atoms. The average Bonchev–Trinajstić information content (AvgIpc) is 2.74. The first-order valence-electron chi connectivity index (χ1n) is 7.40. The standard InChI is InChI=1S/C15H24N2O2S/c1-19-10-9-16-7-8-17-15(18)14-11-12-5-3-2-4-6-13(12)20-14/h11,16H,2-10H2,1H3,(H,17,18). The highest BCUT2D eigenvalue weighted by Crippen LogP contribution is 2.28. The maximum Gasteiger partial charge on any atom is 0.261 e. The molecule has 0 saturated carbocycles. The quantitative estimate of drug-likeness (QED) is 0.597. The highest BCUT2D eigenvalue weighted by Gasteiger charge is 2.15. The van der Waals surface area contributed by atoms with E-state index in [4.69, 9.17) is 4.74 Å². The number of hydrogen-bond donors (Lipinski definition) is 2. The van der Waals surface area contributed by atoms with Gasteiger partial charge in [-0.2, -0.15) is 0 Å². The lowest BCUT2D eigenvalue weighted by molar-refractivity contribution is 0.0957. The Labute approximate surface area is 124 Å². The van der Waals surface area contributed by atoms with Crippen molar-refractivity contribution in [2.45, 2.75) is 32.1 Å². The number of fused-ring (bicyclic) bond motifs is 1. The minimum atomic E-state index is 0.0663. The molecule has 1 aliphatic carbocycles. The van der Waals surface area contributed by atoms with E-state index in [1.54, 1.807) is 18.4 Å². The molecule has 0 radical (unpaired) electrons. The topological polar surface area (TPSA) is 50.4 Å². The summed E-state index contributed by atoms with van der Waals surface area (Å²) in [5.74, 6) is 0.0663. The first-order valence-corrected chi connectivity index (χ1v) is 8.22. The summed E-state index contributed by atoms with van der Waals surface area (Å²) in [6, 6.07) is 2.10. The van der Waals surface area contributed by atoms with Gasteiger partial charge in [-0.1, -0.05) is 6.42 Å². The van der Waals surface area contributed by atoms with Crippen molar-refractivity contribution < 1.29 is 9.53 Å². The lowest BCUT2D eigenvalue weighted by Crippen LogP contribution is -2.32. The molecule has 0 atom stereocenters. The lowest BCUT2D eigenvalue weighted by Gasteiger charge is -2.05. The Morgan fingerprint density at radius 2 is 2.10 bits per heavy atom. The van der Waals surface area contributed by atoms with Crippen LogP contribution in [0.25, 0.3) is 0 Å². The number of carbonyl (C=O) groups excluding carboxylic acids is 1. The van der Waals surface area contributed by atoms with Crippen LogP contribution in [0.4, 0.5) is 0 Å². The molecule has 1 aromatic rings. The van der Waals surface area contributed by atoms with Crippen LogP contribution >= 0.6 is 11.3 Å². The fourth-order valence-electron chi connectivity index (χ4n) is 2.43. The number of ether oxygens (including phenoxy) is 1. The van der Waals surface area contributed by atoms with E-state index in [2.05, 4.69) is 16.7 Å². The summed E-state index contributed by atoms with van der Waals surface area (Å²) >= 11 is 1.68. The number of rotatable bonds is 7. The molecule has 5 heteroatoms. The second-order valence-corrected chi connectivity index (χ2v) is 6.26. The Hall–Kier alpha value is -0.910. The number of carbonyl (C=O) groups is 1. The minimum absolute atomic E-state index is 0.0663. The summed E-state index contributed by atoms with van der Waals surface area (Å²) in [7, 11) is 1.68. The van der Waals surface area contributed by atoms with E-state index < -0.39 is 0 Å². The molecular weight excluding hydrogens is 272 g/mol. The Morgan fingerprint density at radius 3 is 2.95 bits per heavy atom. The van der Waals surface area contributed by atoms with Crippen LogP contribution in [0.2, 0.25) is 0 Å². The summed E-state index contributed by atoms with van der Waals surface area (Å²) in [5, 5.41) is 6.18. The van der Waals surface area contributed by atoms with Crippen LogP contribution < -0.4 is 10.6 Å². The van der Waals surface area contributed by atoms with Gasteiger partial charge in [-0.05, 0) is 37.3 Å². The Kier molecular flexibility index (Phi) is 6.50. The molecule has 20 heavy (non-hydrogen) atoms. The lowest BCUT2D eigenvalue weighted by atomic mass is 10.1. The molecule has 4 nitrogen and oxygen atoms in total. The van der Waals surface area contributed by atoms with Crippen molar-refractivity contribution in [3.05, 3.63) is 21.4 Å². The zero-order valence-corrected chi connectivity index (χ0v) is 13.0. The van der Waals surface area contributed by atoms with E-state index in [1.807, 2.05) is 0 Å². The summed E-state index contributed by atoms with van der Waals surface area (Å²) in [6.45, 7) is 2.95. The SMILES string of the molecule is COCCNCCNC(=O)c1cc2c(s1)CCCCC2. The van der Waals surface area contributed by atoms with Crippen LogP contribution in [0.15, 0.2) is 6.07 Å². The van der Waals surface area contributed by atoms with Gasteiger partial charge in [-0.15, -0.1) is 11.3 Å². The third kappa shape index (κ3) is 4.58. The molecule has 0 fully saturated rings. The van der Waals surface area contributed by atoms with Gasteiger partial charge in [-0.3, -0.25) is 4.79 Å². The third-order valence-corrected chi connectivity index (χ3v) is 4.78. The van der Waals surface area contributed by atoms with Gasteiger partial charge in [0.25, 0.3) is 5.91 Å². The summed E-state index contributed by atoms with van der Waals surface area (Å²) < 4.78 is 4.95. The summed E-state index contributed by atoms with van der Waals surface area (Å²) in [4.78, 5) is 14.4. The Morgan fingerprint density at radius 1 is 1.25 bits per heavy atom. The largest absolute Gasteiger partial charge is 0.383 e. The number of hydrogen-bond acceptors (Lipinski definition) is 4. The predicted octanol–water partition coefficient (Wildman–Crippen LogP) is 1.98. The normalized spacial score (nSPS) is 14.7. The van der Waals surface area contributed by atoms with Crippen LogP contribution in [0, 0.1) is 0 Å². The monoisotopic (exact) mass is 296 g/mol. The Bertz CT molecular complexity index is 408. The van der Waals surface area contributed by atoms with Gasteiger partial charge in [-0.25, -0.2) is 0 Å². The van der Waals surface area contributed by atoms with E-state index >= 15 is 0 Å². The van der Waals surface area contributed by atoms with Gasteiger partial charge >= 0.3 is 0 Å². The van der Waals surface area contributed by atoms with Gasteiger partial charge in [0.15, 0.2) is 0 Å². The molecule has 0 spiro atoms. The van der Waals surface area contributed by atoms with Crippen molar-refractivity contribution in [2.75, 3.05) is 33.4 Å². The van der Waals surface area contributed by atoms with Crippen molar-refractivity contribution in [1.29, 1.82) is 0 Å². The fourth-order valence-corrected chi connectivity index (χ4v) is 3.60. The van der Waals surface area contributed by atoms with E-state index in [1.165, 1.54) is 29.7 Å². The second-order valence-electron chi connectivity index (χ2n) is 5.12. The zero-order chi connectivity index (χ0) is 14.2. The smallest absolute Gasteiger partial charge is 0.261 e. The number of nitrogens with one attached hydrogen (secondary N) is 2. The average molecular weight is 296 g/mol. The number of methoxy groups -OCH3 is 1. The molecular formula is C15H24N2O2S. The molecule has 1 heterocycles. The maximum atomic E-state index is 12.1. The van der Waals surface area contributed by atoms with Gasteiger partial charge in [0.05, 0.1) is 11.5 Å². The third-order valence-electron chi connectivity index (χ3n) is 3.54. The first kappa shape index (κ1) is 15.5. The number of amides is 1. The van der Waals surface area contributed by atoms with E-state index in [0.717, 1.165) is 30.8 Å². The summed E-state index contributed by atoms with van der Waals surface area (Å²) in [6.07, 6.45) is 6.12. The van der Waals surface area contributed by atoms with E-state index in [-0.39, 0.29) is 5.91 Å². The second kappa shape index (κ2) is 8.39. The highest BCUT2D eigenvalue weighted by atomic mass is 32.1. The van der Waals surface area contributed by atoms with Crippen molar-refractivity contribution in [3.8, 4) is 0 Å². The van der Waals surface area contributed by atoms with Gasteiger partial charge in [0.2, 0.25) is 0 Å². The zero-order valence-electron chi connectivity index (χ0n) is 12.2. The number of aryl methyl sites for hydroxylation is 2. The Balaban J connectivity index is 1.75. The van der Waals surface area contributed by atoms with Crippen LogP contribution in [-0.4, -0.2) is 39.3 Å². The molecule has 112 valence electrons. The maximum absolute atomic E-state index is 12.1. The van der Waals surface area contributed by atoms with Crippen LogP contribution in [0.5, 0.6) is 0 Å². The summed E-state index contributed by atoms with van der Waals surface area (Å²) in [5.41, 5.74) is 1.40. The molecule has 0 aromatic carbocycles. The van der Waals surface area contributed by atoms with Crippen molar-refractivity contribution in [1.82, 2.24) is 10.6 Å². The van der Waals surface area contributed by atoms with Gasteiger partial charge in [0, 0.05) is 31.6 Å². The van der Waals surface area contributed by atoms with Crippen molar-refractivity contribution in [3.63, 3.8) is 0 Å². The molecule has 2 rings (SSSR count). The van der Waals surface area contributed by atoms with Gasteiger partial charge < -0.3 is 15.4 Å². The van der Waals surface area contributed by atoms with Gasteiger partial charge in [0.1, 0.15) is 0 Å². The van der Waals surface area contributed by atoms with Crippen molar-refractivity contribution in [2.24, 2.45) is 0 Å². The van der Waals surface area contributed by atoms with Crippen LogP contribution in [0.3, 0.4) is 0 Å². The predicted molar refractivity (Wildman–Crippen MR) is 82.7 cm³/mol.